The molecule has 1 saturated carbocycles. The van der Waals surface area contributed by atoms with Gasteiger partial charge in [0.2, 0.25) is 0 Å². The Kier molecular flexibility index (Phi) is 3.76. The molecule has 0 bridgehead atoms. The molecule has 1 atom stereocenters. The van der Waals surface area contributed by atoms with E-state index in [9.17, 15) is 0 Å². The van der Waals surface area contributed by atoms with Crippen LogP contribution in [0.15, 0.2) is 18.2 Å². The molecular formula is C18H27NO. The van der Waals surface area contributed by atoms with Crippen LogP contribution in [0.5, 0.6) is 5.75 Å². The molecule has 1 N–H and O–H groups in total. The highest BCUT2D eigenvalue weighted by Gasteiger charge is 2.30. The van der Waals surface area contributed by atoms with Crippen molar-refractivity contribution in [3.05, 3.63) is 29.3 Å². The van der Waals surface area contributed by atoms with Crippen molar-refractivity contribution in [1.29, 1.82) is 0 Å². The minimum Gasteiger partial charge on any atom is -0.487 e. The summed E-state index contributed by atoms with van der Waals surface area (Å²) in [7, 11) is 0. The summed E-state index contributed by atoms with van der Waals surface area (Å²) in [6.45, 7) is 7.60. The van der Waals surface area contributed by atoms with Gasteiger partial charge in [0.15, 0.2) is 0 Å². The highest BCUT2D eigenvalue weighted by molar-refractivity contribution is 5.41. The first kappa shape index (κ1) is 13.9. The molecule has 1 aliphatic heterocycles. The molecular weight excluding hydrogens is 246 g/mol. The van der Waals surface area contributed by atoms with Crippen molar-refractivity contribution < 1.29 is 4.74 Å². The van der Waals surface area contributed by atoms with Crippen molar-refractivity contribution in [2.75, 3.05) is 0 Å². The molecule has 3 rings (SSSR count). The SMILES string of the molecule is CCC(CC1CC1)NCc1ccc2c(c1)CC(C)(C)O2. The summed E-state index contributed by atoms with van der Waals surface area (Å²) in [6.07, 6.45) is 6.51. The van der Waals surface area contributed by atoms with Crippen molar-refractivity contribution in [1.82, 2.24) is 5.32 Å². The van der Waals surface area contributed by atoms with Crippen molar-refractivity contribution in [3.8, 4) is 5.75 Å². The molecule has 0 amide bonds. The van der Waals surface area contributed by atoms with Crippen LogP contribution in [0.2, 0.25) is 0 Å². The van der Waals surface area contributed by atoms with Crippen molar-refractivity contribution in [3.63, 3.8) is 0 Å². The van der Waals surface area contributed by atoms with Crippen LogP contribution in [0.3, 0.4) is 0 Å². The van der Waals surface area contributed by atoms with Gasteiger partial charge in [0.25, 0.3) is 0 Å². The molecule has 2 nitrogen and oxygen atoms in total. The van der Waals surface area contributed by atoms with Crippen molar-refractivity contribution in [2.24, 2.45) is 5.92 Å². The Balaban J connectivity index is 1.58. The fraction of sp³-hybridized carbons (Fsp3) is 0.667. The van der Waals surface area contributed by atoms with Crippen molar-refractivity contribution >= 4 is 0 Å². The Labute approximate surface area is 122 Å². The third kappa shape index (κ3) is 3.35. The van der Waals surface area contributed by atoms with Crippen LogP contribution in [0, 0.1) is 5.92 Å². The van der Waals surface area contributed by atoms with E-state index in [1.54, 1.807) is 0 Å². The summed E-state index contributed by atoms with van der Waals surface area (Å²) in [5.41, 5.74) is 2.72. The van der Waals surface area contributed by atoms with Gasteiger partial charge in [-0.2, -0.15) is 0 Å². The maximum atomic E-state index is 5.94. The van der Waals surface area contributed by atoms with Gasteiger partial charge in [-0.1, -0.05) is 31.9 Å². The second kappa shape index (κ2) is 5.40. The maximum Gasteiger partial charge on any atom is 0.123 e. The number of hydrogen-bond donors (Lipinski definition) is 1. The van der Waals surface area contributed by atoms with Gasteiger partial charge in [-0.05, 0) is 49.8 Å². The van der Waals surface area contributed by atoms with Crippen LogP contribution in [0.25, 0.3) is 0 Å². The van der Waals surface area contributed by atoms with E-state index >= 15 is 0 Å². The molecule has 1 unspecified atom stereocenters. The largest absolute Gasteiger partial charge is 0.487 e. The number of benzene rings is 1. The number of rotatable bonds is 6. The quantitative estimate of drug-likeness (QED) is 0.843. The second-order valence-corrected chi connectivity index (χ2v) is 7.15. The molecule has 2 aliphatic rings. The van der Waals surface area contributed by atoms with E-state index in [0.29, 0.717) is 6.04 Å². The smallest absolute Gasteiger partial charge is 0.123 e. The predicted molar refractivity (Wildman–Crippen MR) is 83.1 cm³/mol. The summed E-state index contributed by atoms with van der Waals surface area (Å²) in [5.74, 6) is 2.07. The van der Waals surface area contributed by atoms with E-state index < -0.39 is 0 Å². The van der Waals surface area contributed by atoms with E-state index in [1.165, 1.54) is 36.8 Å². The van der Waals surface area contributed by atoms with E-state index in [4.69, 9.17) is 4.74 Å². The first-order valence-electron chi connectivity index (χ1n) is 8.10. The van der Waals surface area contributed by atoms with Crippen LogP contribution < -0.4 is 10.1 Å². The summed E-state index contributed by atoms with van der Waals surface area (Å²) in [5, 5.41) is 3.73. The molecule has 1 fully saturated rings. The first-order chi connectivity index (χ1) is 9.55. The summed E-state index contributed by atoms with van der Waals surface area (Å²) < 4.78 is 5.94. The lowest BCUT2D eigenvalue weighted by molar-refractivity contribution is 0.138. The number of nitrogens with one attached hydrogen (secondary N) is 1. The third-order valence-corrected chi connectivity index (χ3v) is 4.53. The number of fused-ring (bicyclic) bond motifs is 1. The summed E-state index contributed by atoms with van der Waals surface area (Å²) >= 11 is 0. The standard InChI is InChI=1S/C18H27NO/c1-4-16(10-13-5-6-13)19-12-14-7-8-17-15(9-14)11-18(2,3)20-17/h7-9,13,16,19H,4-6,10-12H2,1-3H3. The Morgan fingerprint density at radius 1 is 1.35 bits per heavy atom. The van der Waals surface area contributed by atoms with Gasteiger partial charge < -0.3 is 10.1 Å². The normalized spacial score (nSPS) is 21.4. The fourth-order valence-corrected chi connectivity index (χ4v) is 3.19. The van der Waals surface area contributed by atoms with Gasteiger partial charge in [0, 0.05) is 19.0 Å². The lowest BCUT2D eigenvalue weighted by Gasteiger charge is -2.17. The van der Waals surface area contributed by atoms with Gasteiger partial charge in [-0.25, -0.2) is 0 Å². The average Bonchev–Trinajstić information content (AvgIpc) is 3.15. The van der Waals surface area contributed by atoms with Gasteiger partial charge >= 0.3 is 0 Å². The summed E-state index contributed by atoms with van der Waals surface area (Å²) in [6, 6.07) is 7.35. The summed E-state index contributed by atoms with van der Waals surface area (Å²) in [4.78, 5) is 0. The number of hydrogen-bond acceptors (Lipinski definition) is 2. The van der Waals surface area contributed by atoms with Gasteiger partial charge in [-0.15, -0.1) is 0 Å². The number of ether oxygens (including phenoxy) is 1. The van der Waals surface area contributed by atoms with Crippen molar-refractivity contribution in [2.45, 2.75) is 71.1 Å². The topological polar surface area (TPSA) is 21.3 Å². The fourth-order valence-electron chi connectivity index (χ4n) is 3.19. The van der Waals surface area contributed by atoms with E-state index in [0.717, 1.165) is 24.6 Å². The monoisotopic (exact) mass is 273 g/mol. The second-order valence-electron chi connectivity index (χ2n) is 7.15. The minimum atomic E-state index is -0.0354. The molecule has 1 aromatic carbocycles. The Morgan fingerprint density at radius 3 is 2.85 bits per heavy atom. The molecule has 20 heavy (non-hydrogen) atoms. The van der Waals surface area contributed by atoms with Gasteiger partial charge in [0.05, 0.1) is 0 Å². The first-order valence-corrected chi connectivity index (χ1v) is 8.10. The Morgan fingerprint density at radius 2 is 2.15 bits per heavy atom. The molecule has 0 spiro atoms. The molecule has 1 aromatic rings. The van der Waals surface area contributed by atoms with Crippen LogP contribution in [0.1, 0.15) is 57.6 Å². The molecule has 1 aliphatic carbocycles. The lowest BCUT2D eigenvalue weighted by Crippen LogP contribution is -2.28. The highest BCUT2D eigenvalue weighted by Crippen LogP contribution is 2.36. The maximum absolute atomic E-state index is 5.94. The zero-order valence-corrected chi connectivity index (χ0v) is 13.0. The zero-order chi connectivity index (χ0) is 14.2. The van der Waals surface area contributed by atoms with Gasteiger partial charge in [0.1, 0.15) is 11.4 Å². The Hall–Kier alpha value is -1.02. The molecule has 1 heterocycles. The van der Waals surface area contributed by atoms with E-state index in [2.05, 4.69) is 44.3 Å². The lowest BCUT2D eigenvalue weighted by atomic mass is 10.00. The third-order valence-electron chi connectivity index (χ3n) is 4.53. The highest BCUT2D eigenvalue weighted by atomic mass is 16.5. The average molecular weight is 273 g/mol. The van der Waals surface area contributed by atoms with E-state index in [1.807, 2.05) is 0 Å². The Bertz CT molecular complexity index is 476. The van der Waals surface area contributed by atoms with Crippen LogP contribution in [-0.4, -0.2) is 11.6 Å². The van der Waals surface area contributed by atoms with Crippen LogP contribution >= 0.6 is 0 Å². The molecule has 110 valence electrons. The van der Waals surface area contributed by atoms with E-state index in [-0.39, 0.29) is 5.60 Å². The molecule has 2 heteroatoms. The molecule has 0 radical (unpaired) electrons. The minimum absolute atomic E-state index is 0.0354. The molecule has 0 aromatic heterocycles. The van der Waals surface area contributed by atoms with Crippen LogP contribution in [-0.2, 0) is 13.0 Å². The zero-order valence-electron chi connectivity index (χ0n) is 13.0. The molecule has 0 saturated heterocycles. The predicted octanol–water partition coefficient (Wildman–Crippen LogP) is 4.07. The van der Waals surface area contributed by atoms with Gasteiger partial charge in [-0.3, -0.25) is 0 Å². The van der Waals surface area contributed by atoms with Crippen LogP contribution in [0.4, 0.5) is 0 Å².